The van der Waals surface area contributed by atoms with E-state index in [1.54, 1.807) is 6.61 Å². The quantitative estimate of drug-likeness (QED) is 0.0853. The number of carboxylic acid groups (broad SMARTS) is 2. The molecule has 1 aromatic rings. The smallest absolute Gasteiger partial charge is 0.662 e. The molecule has 0 aliphatic heterocycles. The summed E-state index contributed by atoms with van der Waals surface area (Å²) < 4.78 is 34.2. The third kappa shape index (κ3) is 22.3. The van der Waals surface area contributed by atoms with E-state index in [1.165, 1.54) is 95.5 Å². The van der Waals surface area contributed by atoms with Crippen molar-refractivity contribution in [2.24, 2.45) is 0 Å². The molecule has 1 atom stereocenters. The van der Waals surface area contributed by atoms with Gasteiger partial charge in [0.15, 0.2) is 5.25 Å². The number of carbonyl (C=O) groups is 2. The minimum Gasteiger partial charge on any atom is -0.662 e. The van der Waals surface area contributed by atoms with Gasteiger partial charge in [-0.2, -0.15) is 21.9 Å². The maximum absolute atomic E-state index is 10.2. The molecule has 214 valence electrons. The van der Waals surface area contributed by atoms with Crippen LogP contribution in [0, 0.1) is 6.61 Å². The van der Waals surface area contributed by atoms with Crippen LogP contribution in [0.3, 0.4) is 0 Å². The van der Waals surface area contributed by atoms with E-state index in [4.69, 9.17) is 19.5 Å². The van der Waals surface area contributed by atoms with Crippen LogP contribution < -0.4 is 56.1 Å². The van der Waals surface area contributed by atoms with Crippen LogP contribution in [0.15, 0.2) is 24.3 Å². The fraction of sp³-hybridized carbons (Fsp3) is 0.679. The number of benzene rings is 1. The minimum absolute atomic E-state index is 0. The Hall–Kier alpha value is -0.494. The first-order chi connectivity index (χ1) is 17.6. The number of hydrogen-bond donors (Lipinski definition) is 3. The summed E-state index contributed by atoms with van der Waals surface area (Å²) in [5.41, 5.74) is 1.35. The van der Waals surface area contributed by atoms with Gasteiger partial charge in [0.2, 0.25) is 0 Å². The minimum atomic E-state index is -4.84. The molecule has 1 rings (SSSR count). The number of hydrogen-bond acceptors (Lipinski definition) is 5. The molecule has 1 unspecified atom stereocenters. The zero-order valence-electron chi connectivity index (χ0n) is 23.6. The zero-order valence-corrected chi connectivity index (χ0v) is 27.5. The molecule has 10 heteroatoms. The van der Waals surface area contributed by atoms with E-state index in [0.29, 0.717) is 0 Å². The number of aryl methyl sites for hydroxylation is 1. The average Bonchev–Trinajstić information content (AvgIpc) is 2.83. The van der Waals surface area contributed by atoms with Gasteiger partial charge in [0.25, 0.3) is 10.1 Å². The van der Waals surface area contributed by atoms with Crippen LogP contribution in [0.1, 0.15) is 116 Å². The number of ether oxygens (including phenoxy) is 1. The molecule has 0 bridgehead atoms. The van der Waals surface area contributed by atoms with E-state index in [2.05, 4.69) is 25.1 Å². The van der Waals surface area contributed by atoms with Crippen molar-refractivity contribution in [3.05, 3.63) is 36.4 Å². The Balaban J connectivity index is 0. The van der Waals surface area contributed by atoms with Crippen molar-refractivity contribution in [3.63, 3.8) is 0 Å². The van der Waals surface area contributed by atoms with Gasteiger partial charge in [0, 0.05) is 0 Å². The van der Waals surface area contributed by atoms with Gasteiger partial charge in [0.05, 0.1) is 12.2 Å². The fourth-order valence-corrected chi connectivity index (χ4v) is 4.55. The number of unbranched alkanes of at least 4 members (excludes halogenated alkanes) is 13. The third-order valence-electron chi connectivity index (χ3n) is 6.01. The van der Waals surface area contributed by atoms with Crippen LogP contribution >= 0.6 is 0 Å². The van der Waals surface area contributed by atoms with E-state index in [9.17, 15) is 18.0 Å². The third-order valence-corrected chi connectivity index (χ3v) is 7.10. The van der Waals surface area contributed by atoms with Crippen molar-refractivity contribution in [2.75, 3.05) is 0 Å². The van der Waals surface area contributed by atoms with E-state index in [0.717, 1.165) is 12.2 Å². The van der Waals surface area contributed by atoms with E-state index in [1.807, 2.05) is 13.0 Å². The average molecular weight is 583 g/mol. The number of rotatable bonds is 21. The van der Waals surface area contributed by atoms with Crippen molar-refractivity contribution in [3.8, 4) is 5.75 Å². The van der Waals surface area contributed by atoms with Crippen molar-refractivity contribution in [1.82, 2.24) is 0 Å². The van der Waals surface area contributed by atoms with Crippen molar-refractivity contribution < 1.29 is 88.9 Å². The Morgan fingerprint density at radius 3 is 1.66 bits per heavy atom. The van der Waals surface area contributed by atoms with Crippen LogP contribution in [-0.4, -0.2) is 40.4 Å². The summed E-state index contributed by atoms with van der Waals surface area (Å²) in [5.74, 6) is -2.47. The Bertz CT molecular complexity index is 845. The second-order valence-corrected chi connectivity index (χ2v) is 10.8. The van der Waals surface area contributed by atoms with Crippen LogP contribution in [0.4, 0.5) is 0 Å². The summed E-state index contributed by atoms with van der Waals surface area (Å²) >= 11 is 0. The van der Waals surface area contributed by atoms with Crippen molar-refractivity contribution >= 4 is 22.1 Å². The Morgan fingerprint density at radius 1 is 0.842 bits per heavy atom. The first-order valence-corrected chi connectivity index (χ1v) is 15.1. The van der Waals surface area contributed by atoms with E-state index >= 15 is 0 Å². The second-order valence-electron chi connectivity index (χ2n) is 9.25. The monoisotopic (exact) mass is 582 g/mol. The van der Waals surface area contributed by atoms with Gasteiger partial charge >= 0.3 is 63.3 Å². The van der Waals surface area contributed by atoms with Gasteiger partial charge in [-0.05, 0) is 24.5 Å². The van der Waals surface area contributed by atoms with Crippen LogP contribution in [0.5, 0.6) is 5.75 Å². The number of para-hydroxylation sites is 1. The van der Waals surface area contributed by atoms with Crippen LogP contribution in [0.25, 0.3) is 0 Å². The van der Waals surface area contributed by atoms with Gasteiger partial charge in [-0.25, -0.2) is 0 Å². The maximum atomic E-state index is 10.2. The SMILES string of the molecule is C[CH-]Oc1ccccc1CCCCCCCCCCCCCCCC.O=C(O)CC(C(=O)O)S(=O)(=O)O.[K+]. The largest absolute Gasteiger partial charge is 1.00 e. The van der Waals surface area contributed by atoms with E-state index < -0.39 is 33.7 Å². The second kappa shape index (κ2) is 25.5. The molecule has 0 aliphatic rings. The summed E-state index contributed by atoms with van der Waals surface area (Å²) in [6.45, 7) is 5.99. The molecule has 0 spiro atoms. The summed E-state index contributed by atoms with van der Waals surface area (Å²) in [4.78, 5) is 20.0. The summed E-state index contributed by atoms with van der Waals surface area (Å²) in [6, 6.07) is 8.43. The predicted molar refractivity (Wildman–Crippen MR) is 146 cm³/mol. The summed E-state index contributed by atoms with van der Waals surface area (Å²) in [5, 5.41) is 13.9. The number of carboxylic acids is 2. The molecule has 0 saturated heterocycles. The molecule has 0 saturated carbocycles. The first kappa shape index (κ1) is 39.6. The molecule has 8 nitrogen and oxygen atoms in total. The molecular formula is C28H47KO8S. The summed E-state index contributed by atoms with van der Waals surface area (Å²) in [7, 11) is -4.84. The molecule has 0 heterocycles. The molecule has 0 amide bonds. The molecule has 0 fully saturated rings. The van der Waals surface area contributed by atoms with Gasteiger partial charge in [-0.1, -0.05) is 109 Å². The normalized spacial score (nSPS) is 11.6. The molecule has 0 radical (unpaired) electrons. The molecule has 38 heavy (non-hydrogen) atoms. The van der Waals surface area contributed by atoms with Crippen molar-refractivity contribution in [2.45, 2.75) is 122 Å². The van der Waals surface area contributed by atoms with Crippen LogP contribution in [0.2, 0.25) is 0 Å². The molecular weight excluding hydrogens is 535 g/mol. The van der Waals surface area contributed by atoms with Gasteiger partial charge in [-0.3, -0.25) is 14.1 Å². The van der Waals surface area contributed by atoms with Gasteiger partial charge in [-0.15, -0.1) is 0 Å². The van der Waals surface area contributed by atoms with Crippen molar-refractivity contribution in [1.29, 1.82) is 0 Å². The fourth-order valence-electron chi connectivity index (χ4n) is 3.94. The zero-order chi connectivity index (χ0) is 27.9. The Morgan fingerprint density at radius 2 is 1.29 bits per heavy atom. The first-order valence-electron chi connectivity index (χ1n) is 13.6. The Labute approximate surface area is 272 Å². The molecule has 3 N–H and O–H groups in total. The van der Waals surface area contributed by atoms with Gasteiger partial charge in [0.1, 0.15) is 0 Å². The van der Waals surface area contributed by atoms with Crippen LogP contribution in [-0.2, 0) is 26.1 Å². The Kier molecular flexibility index (Phi) is 26.6. The topological polar surface area (TPSA) is 138 Å². The molecule has 1 aromatic carbocycles. The molecule has 0 aliphatic carbocycles. The van der Waals surface area contributed by atoms with E-state index in [-0.39, 0.29) is 51.4 Å². The number of aliphatic carboxylic acids is 2. The molecule has 0 aromatic heterocycles. The standard InChI is InChI=1S/C24H41O.C4H6O7S.K/c1-3-5-6-7-8-9-10-11-12-13-14-15-16-17-20-23-21-18-19-22-24(23)25-4-2;5-3(6)1-2(4(7)8)12(9,10)11;/h4,18-19,21-22H,3,5-17,20H2,1-2H3;2H,1H2,(H,5,6)(H,7,8)(H,9,10,11);/q-1;;+1. The summed E-state index contributed by atoms with van der Waals surface area (Å²) in [6.07, 6.45) is 19.8. The van der Waals surface area contributed by atoms with Gasteiger partial charge < -0.3 is 14.9 Å². The predicted octanol–water partition coefficient (Wildman–Crippen LogP) is 4.08. The maximum Gasteiger partial charge on any atom is 1.00 e.